The second kappa shape index (κ2) is 4.42. The predicted molar refractivity (Wildman–Crippen MR) is 55.0 cm³/mol. The van der Waals surface area contributed by atoms with E-state index in [1.807, 2.05) is 7.05 Å². The molecule has 13 heavy (non-hydrogen) atoms. The number of aryl methyl sites for hydroxylation is 1. The Kier molecular flexibility index (Phi) is 3.48. The van der Waals surface area contributed by atoms with Crippen molar-refractivity contribution in [3.05, 3.63) is 17.2 Å². The highest BCUT2D eigenvalue weighted by atomic mass is 15.1. The van der Waals surface area contributed by atoms with Crippen LogP contribution in [0.15, 0.2) is 0 Å². The van der Waals surface area contributed by atoms with E-state index in [4.69, 9.17) is 0 Å². The molecule has 1 aromatic heterocycles. The molecule has 1 N–H and O–H groups in total. The maximum Gasteiger partial charge on any atom is 0.110 e. The quantitative estimate of drug-likeness (QED) is 0.752. The average Bonchev–Trinajstić information content (AvgIpc) is 2.38. The lowest BCUT2D eigenvalue weighted by atomic mass is 10.3. The zero-order chi connectivity index (χ0) is 9.84. The first-order valence-corrected chi connectivity index (χ1v) is 4.86. The molecular weight excluding hydrogens is 162 g/mol. The van der Waals surface area contributed by atoms with Crippen molar-refractivity contribution < 1.29 is 0 Å². The molecule has 0 radical (unpaired) electrons. The van der Waals surface area contributed by atoms with Gasteiger partial charge in [-0.2, -0.15) is 0 Å². The van der Waals surface area contributed by atoms with Gasteiger partial charge in [0, 0.05) is 25.7 Å². The molecule has 0 spiro atoms. The number of rotatable bonds is 4. The fourth-order valence-corrected chi connectivity index (χ4v) is 1.69. The van der Waals surface area contributed by atoms with Gasteiger partial charge in [-0.05, 0) is 20.4 Å². The molecule has 74 valence electrons. The van der Waals surface area contributed by atoms with E-state index < -0.39 is 0 Å². The van der Waals surface area contributed by atoms with E-state index in [0.717, 1.165) is 19.4 Å². The maximum absolute atomic E-state index is 4.54. The molecular formula is C10H19N3. The first-order valence-electron chi connectivity index (χ1n) is 4.86. The molecule has 0 fully saturated rings. The zero-order valence-corrected chi connectivity index (χ0v) is 9.02. The third-order valence-corrected chi connectivity index (χ3v) is 2.44. The van der Waals surface area contributed by atoms with Crippen LogP contribution in [-0.2, 0) is 19.9 Å². The Morgan fingerprint density at radius 2 is 2.15 bits per heavy atom. The zero-order valence-electron chi connectivity index (χ0n) is 9.02. The summed E-state index contributed by atoms with van der Waals surface area (Å²) in [6.45, 7) is 5.25. The fraction of sp³-hybridized carbons (Fsp3) is 0.700. The van der Waals surface area contributed by atoms with Gasteiger partial charge in [-0.1, -0.05) is 6.92 Å². The molecule has 1 rings (SSSR count). The van der Waals surface area contributed by atoms with Crippen molar-refractivity contribution in [2.75, 3.05) is 13.6 Å². The highest BCUT2D eigenvalue weighted by Crippen LogP contribution is 2.10. The highest BCUT2D eigenvalue weighted by Gasteiger charge is 2.08. The molecule has 0 saturated heterocycles. The summed E-state index contributed by atoms with van der Waals surface area (Å²) in [6.07, 6.45) is 2.07. The molecule has 0 bridgehead atoms. The first kappa shape index (κ1) is 10.3. The van der Waals surface area contributed by atoms with E-state index in [1.54, 1.807) is 0 Å². The molecule has 0 aliphatic heterocycles. The van der Waals surface area contributed by atoms with Crippen molar-refractivity contribution in [1.82, 2.24) is 14.9 Å². The standard InChI is InChI=1S/C10H19N3/c1-5-9-8(2)12-10(13(9)4)6-7-11-3/h11H,5-7H2,1-4H3. The molecule has 0 aromatic carbocycles. The number of nitrogens with zero attached hydrogens (tertiary/aromatic N) is 2. The van der Waals surface area contributed by atoms with Crippen molar-refractivity contribution >= 4 is 0 Å². The van der Waals surface area contributed by atoms with Crippen LogP contribution in [0.2, 0.25) is 0 Å². The molecule has 0 atom stereocenters. The SMILES string of the molecule is CCc1c(C)nc(CCNC)n1C. The van der Waals surface area contributed by atoms with Gasteiger partial charge >= 0.3 is 0 Å². The largest absolute Gasteiger partial charge is 0.335 e. The van der Waals surface area contributed by atoms with E-state index in [0.29, 0.717) is 0 Å². The molecule has 0 unspecified atom stereocenters. The second-order valence-electron chi connectivity index (χ2n) is 3.33. The number of likely N-dealkylation sites (N-methyl/N-ethyl adjacent to an activating group) is 1. The highest BCUT2D eigenvalue weighted by molar-refractivity contribution is 5.15. The van der Waals surface area contributed by atoms with Gasteiger partial charge in [0.25, 0.3) is 0 Å². The maximum atomic E-state index is 4.54. The summed E-state index contributed by atoms with van der Waals surface area (Å²) in [4.78, 5) is 4.54. The van der Waals surface area contributed by atoms with Gasteiger partial charge in [0.2, 0.25) is 0 Å². The number of hydrogen-bond acceptors (Lipinski definition) is 2. The Labute approximate surface area is 80.2 Å². The Bertz CT molecular complexity index is 276. The summed E-state index contributed by atoms with van der Waals surface area (Å²) in [5.74, 6) is 1.18. The number of nitrogens with one attached hydrogen (secondary N) is 1. The predicted octanol–water partition coefficient (Wildman–Crippen LogP) is 1.05. The van der Waals surface area contributed by atoms with Crippen molar-refractivity contribution in [3.8, 4) is 0 Å². The van der Waals surface area contributed by atoms with Crippen LogP contribution in [0.3, 0.4) is 0 Å². The van der Waals surface area contributed by atoms with Crippen LogP contribution in [0.4, 0.5) is 0 Å². The normalized spacial score (nSPS) is 10.8. The van der Waals surface area contributed by atoms with E-state index in [-0.39, 0.29) is 0 Å². The molecule has 0 amide bonds. The van der Waals surface area contributed by atoms with Crippen molar-refractivity contribution in [1.29, 1.82) is 0 Å². The van der Waals surface area contributed by atoms with Crippen molar-refractivity contribution in [2.45, 2.75) is 26.7 Å². The van der Waals surface area contributed by atoms with E-state index in [1.165, 1.54) is 17.2 Å². The van der Waals surface area contributed by atoms with Crippen LogP contribution < -0.4 is 5.32 Å². The summed E-state index contributed by atoms with van der Waals surface area (Å²) < 4.78 is 2.21. The van der Waals surface area contributed by atoms with Crippen LogP contribution in [0.5, 0.6) is 0 Å². The number of aromatic nitrogens is 2. The molecule has 3 nitrogen and oxygen atoms in total. The topological polar surface area (TPSA) is 29.9 Å². The summed E-state index contributed by atoms with van der Waals surface area (Å²) in [7, 11) is 4.07. The lowest BCUT2D eigenvalue weighted by Gasteiger charge is -2.03. The van der Waals surface area contributed by atoms with E-state index >= 15 is 0 Å². The molecule has 0 saturated carbocycles. The Morgan fingerprint density at radius 3 is 2.62 bits per heavy atom. The molecule has 3 heteroatoms. The Morgan fingerprint density at radius 1 is 1.46 bits per heavy atom. The van der Waals surface area contributed by atoms with Gasteiger partial charge in [0.1, 0.15) is 5.82 Å². The third-order valence-electron chi connectivity index (χ3n) is 2.44. The second-order valence-corrected chi connectivity index (χ2v) is 3.33. The smallest absolute Gasteiger partial charge is 0.110 e. The van der Waals surface area contributed by atoms with Crippen molar-refractivity contribution in [2.24, 2.45) is 7.05 Å². The molecule has 1 heterocycles. The lowest BCUT2D eigenvalue weighted by Crippen LogP contribution is -2.13. The third kappa shape index (κ3) is 2.10. The minimum absolute atomic E-state index is 0.993. The van der Waals surface area contributed by atoms with Gasteiger partial charge in [-0.15, -0.1) is 0 Å². The van der Waals surface area contributed by atoms with E-state index in [9.17, 15) is 0 Å². The average molecular weight is 181 g/mol. The van der Waals surface area contributed by atoms with Crippen LogP contribution in [0, 0.1) is 6.92 Å². The summed E-state index contributed by atoms with van der Waals surface area (Å²) in [5.41, 5.74) is 2.53. The van der Waals surface area contributed by atoms with Crippen LogP contribution in [-0.4, -0.2) is 23.1 Å². The van der Waals surface area contributed by atoms with E-state index in [2.05, 4.69) is 35.8 Å². The van der Waals surface area contributed by atoms with Crippen LogP contribution >= 0.6 is 0 Å². The van der Waals surface area contributed by atoms with Gasteiger partial charge in [0.15, 0.2) is 0 Å². The van der Waals surface area contributed by atoms with Gasteiger partial charge in [-0.3, -0.25) is 0 Å². The molecule has 0 aliphatic rings. The summed E-state index contributed by atoms with van der Waals surface area (Å²) >= 11 is 0. The number of hydrogen-bond donors (Lipinski definition) is 1. The minimum Gasteiger partial charge on any atom is -0.335 e. The summed E-state index contributed by atoms with van der Waals surface area (Å²) in [6, 6.07) is 0. The van der Waals surface area contributed by atoms with Gasteiger partial charge in [-0.25, -0.2) is 4.98 Å². The van der Waals surface area contributed by atoms with Crippen molar-refractivity contribution in [3.63, 3.8) is 0 Å². The lowest BCUT2D eigenvalue weighted by molar-refractivity contribution is 0.702. The van der Waals surface area contributed by atoms with Crippen LogP contribution in [0.1, 0.15) is 24.1 Å². The van der Waals surface area contributed by atoms with Gasteiger partial charge < -0.3 is 9.88 Å². The van der Waals surface area contributed by atoms with Gasteiger partial charge in [0.05, 0.1) is 5.69 Å². The minimum atomic E-state index is 0.993. The Balaban J connectivity index is 2.83. The fourth-order valence-electron chi connectivity index (χ4n) is 1.69. The number of imidazole rings is 1. The monoisotopic (exact) mass is 181 g/mol. The summed E-state index contributed by atoms with van der Waals surface area (Å²) in [5, 5.41) is 3.14. The Hall–Kier alpha value is -0.830. The van der Waals surface area contributed by atoms with Crippen LogP contribution in [0.25, 0.3) is 0 Å². The molecule has 0 aliphatic carbocycles. The first-order chi connectivity index (χ1) is 6.20. The molecule has 1 aromatic rings.